The molecule has 0 rings (SSSR count). The van der Waals surface area contributed by atoms with E-state index in [9.17, 15) is 0 Å². The lowest BCUT2D eigenvalue weighted by Crippen LogP contribution is -2.02. The molecule has 0 bridgehead atoms. The molecule has 0 aromatic carbocycles. The van der Waals surface area contributed by atoms with Crippen molar-refractivity contribution in [2.24, 2.45) is 11.7 Å². The fraction of sp³-hybridized carbons (Fsp3) is 0.444. The van der Waals surface area contributed by atoms with Gasteiger partial charge in [0.15, 0.2) is 0 Å². The highest BCUT2D eigenvalue weighted by Crippen LogP contribution is 2.18. The Morgan fingerprint density at radius 3 is 2.55 bits per heavy atom. The van der Waals surface area contributed by atoms with Crippen LogP contribution in [0.3, 0.4) is 0 Å². The molecule has 0 saturated carbocycles. The summed E-state index contributed by atoms with van der Waals surface area (Å²) in [6.07, 6.45) is 2.58. The van der Waals surface area contributed by atoms with Crippen LogP contribution in [0.2, 0.25) is 0 Å². The lowest BCUT2D eigenvalue weighted by Gasteiger charge is -2.11. The quantitative estimate of drug-likeness (QED) is 0.397. The molecule has 0 amide bonds. The molecule has 2 heteroatoms. The maximum absolute atomic E-state index is 5.36. The van der Waals surface area contributed by atoms with Crippen LogP contribution in [0.25, 0.3) is 0 Å². The van der Waals surface area contributed by atoms with Crippen molar-refractivity contribution in [3.8, 4) is 0 Å². The van der Waals surface area contributed by atoms with Gasteiger partial charge in [-0.1, -0.05) is 32.6 Å². The molecule has 1 atom stereocenters. The molecule has 2 N–H and O–H groups in total. The van der Waals surface area contributed by atoms with Gasteiger partial charge in [-0.15, -0.1) is 0 Å². The highest BCUT2D eigenvalue weighted by atomic mass is 32.1. The molecule has 62 valence electrons. The van der Waals surface area contributed by atoms with Gasteiger partial charge in [0.25, 0.3) is 0 Å². The number of allylic oxidation sites excluding steroid dienone is 2. The molecule has 0 aliphatic heterocycles. The monoisotopic (exact) mass is 169 g/mol. The Balaban J connectivity index is 4.34. The highest BCUT2D eigenvalue weighted by Gasteiger charge is 2.06. The van der Waals surface area contributed by atoms with Crippen molar-refractivity contribution in [2.75, 3.05) is 0 Å². The van der Waals surface area contributed by atoms with Crippen molar-refractivity contribution < 1.29 is 0 Å². The minimum Gasteiger partial charge on any atom is -0.404 e. The van der Waals surface area contributed by atoms with Crippen molar-refractivity contribution in [3.63, 3.8) is 0 Å². The topological polar surface area (TPSA) is 26.0 Å². The minimum absolute atomic E-state index is 0.462. The Labute approximate surface area is 74.0 Å². The molecule has 0 aromatic rings. The SMILES string of the molecule is C=C(/C(C=S)=C/N)C(C)CC. The molecule has 1 nitrogen and oxygen atoms in total. The van der Waals surface area contributed by atoms with Gasteiger partial charge in [-0.05, 0) is 17.9 Å². The Morgan fingerprint density at radius 1 is 1.73 bits per heavy atom. The van der Waals surface area contributed by atoms with Crippen LogP contribution in [-0.2, 0) is 0 Å². The fourth-order valence-electron chi connectivity index (χ4n) is 0.753. The Kier molecular flexibility index (Phi) is 4.79. The normalized spacial score (nSPS) is 14.2. The van der Waals surface area contributed by atoms with Gasteiger partial charge in [-0.3, -0.25) is 0 Å². The van der Waals surface area contributed by atoms with Gasteiger partial charge in [-0.25, -0.2) is 0 Å². The molecular formula is C9H15NS. The van der Waals surface area contributed by atoms with E-state index in [1.54, 1.807) is 5.37 Å². The van der Waals surface area contributed by atoms with Crippen LogP contribution in [-0.4, -0.2) is 5.37 Å². The van der Waals surface area contributed by atoms with Crippen LogP contribution in [0, 0.1) is 5.92 Å². The van der Waals surface area contributed by atoms with E-state index in [0.717, 1.165) is 17.6 Å². The summed E-state index contributed by atoms with van der Waals surface area (Å²) in [6, 6.07) is 0. The molecule has 0 fully saturated rings. The van der Waals surface area contributed by atoms with E-state index in [1.165, 1.54) is 6.20 Å². The average molecular weight is 169 g/mol. The number of hydrogen-bond acceptors (Lipinski definition) is 2. The maximum Gasteiger partial charge on any atom is 0.0103 e. The molecular weight excluding hydrogens is 154 g/mol. The maximum atomic E-state index is 5.36. The van der Waals surface area contributed by atoms with Gasteiger partial charge < -0.3 is 5.73 Å². The molecule has 0 heterocycles. The third kappa shape index (κ3) is 2.85. The van der Waals surface area contributed by atoms with E-state index < -0.39 is 0 Å². The summed E-state index contributed by atoms with van der Waals surface area (Å²) < 4.78 is 0. The summed E-state index contributed by atoms with van der Waals surface area (Å²) in [7, 11) is 0. The molecule has 0 spiro atoms. The zero-order valence-electron chi connectivity index (χ0n) is 7.13. The van der Waals surface area contributed by atoms with Crippen molar-refractivity contribution in [3.05, 3.63) is 23.9 Å². The third-order valence-corrected chi connectivity index (χ3v) is 2.14. The Hall–Kier alpha value is -0.630. The molecule has 1 unspecified atom stereocenters. The van der Waals surface area contributed by atoms with Crippen LogP contribution in [0.5, 0.6) is 0 Å². The standard InChI is InChI=1S/C9H15NS/c1-4-7(2)8(3)9(5-10)6-11/h5-7H,3-4,10H2,1-2H3/b9-5+. The van der Waals surface area contributed by atoms with Crippen molar-refractivity contribution >= 4 is 17.6 Å². The van der Waals surface area contributed by atoms with Crippen LogP contribution >= 0.6 is 12.2 Å². The average Bonchev–Trinajstić information content (AvgIpc) is 2.05. The van der Waals surface area contributed by atoms with Gasteiger partial charge in [0.1, 0.15) is 0 Å². The van der Waals surface area contributed by atoms with Gasteiger partial charge in [0.05, 0.1) is 0 Å². The molecule has 0 saturated heterocycles. The van der Waals surface area contributed by atoms with Gasteiger partial charge in [0, 0.05) is 17.1 Å². The van der Waals surface area contributed by atoms with Gasteiger partial charge >= 0.3 is 0 Å². The Morgan fingerprint density at radius 2 is 2.27 bits per heavy atom. The summed E-state index contributed by atoms with van der Waals surface area (Å²) in [5.74, 6) is 0.462. The highest BCUT2D eigenvalue weighted by molar-refractivity contribution is 7.79. The second-order valence-corrected chi connectivity index (χ2v) is 2.81. The number of rotatable bonds is 4. The lowest BCUT2D eigenvalue weighted by molar-refractivity contribution is 0.669. The van der Waals surface area contributed by atoms with Crippen molar-refractivity contribution in [1.29, 1.82) is 0 Å². The molecule has 0 aliphatic carbocycles. The first-order chi connectivity index (χ1) is 5.17. The smallest absolute Gasteiger partial charge is 0.0103 e. The van der Waals surface area contributed by atoms with Crippen LogP contribution < -0.4 is 5.73 Å². The van der Waals surface area contributed by atoms with E-state index in [4.69, 9.17) is 18.0 Å². The molecule has 0 aliphatic rings. The predicted molar refractivity (Wildman–Crippen MR) is 54.5 cm³/mol. The Bertz CT molecular complexity index is 182. The number of nitrogens with two attached hydrogens (primary N) is 1. The van der Waals surface area contributed by atoms with E-state index in [2.05, 4.69) is 20.4 Å². The largest absolute Gasteiger partial charge is 0.404 e. The van der Waals surface area contributed by atoms with Crippen LogP contribution in [0.1, 0.15) is 20.3 Å². The van der Waals surface area contributed by atoms with Gasteiger partial charge in [-0.2, -0.15) is 0 Å². The molecule has 11 heavy (non-hydrogen) atoms. The van der Waals surface area contributed by atoms with E-state index in [0.29, 0.717) is 5.92 Å². The molecule has 0 radical (unpaired) electrons. The summed E-state index contributed by atoms with van der Waals surface area (Å²) in [6.45, 7) is 8.16. The van der Waals surface area contributed by atoms with Gasteiger partial charge in [0.2, 0.25) is 0 Å². The fourth-order valence-corrected chi connectivity index (χ4v) is 0.983. The minimum atomic E-state index is 0.462. The van der Waals surface area contributed by atoms with E-state index in [-0.39, 0.29) is 0 Å². The predicted octanol–water partition coefficient (Wildman–Crippen LogP) is 2.43. The lowest BCUT2D eigenvalue weighted by atomic mass is 9.95. The third-order valence-electron chi connectivity index (χ3n) is 1.88. The summed E-state index contributed by atoms with van der Waals surface area (Å²) in [4.78, 5) is 0. The summed E-state index contributed by atoms with van der Waals surface area (Å²) in [5, 5.41) is 1.58. The summed E-state index contributed by atoms with van der Waals surface area (Å²) >= 11 is 4.78. The van der Waals surface area contributed by atoms with Crippen molar-refractivity contribution in [2.45, 2.75) is 20.3 Å². The zero-order chi connectivity index (χ0) is 8.85. The second kappa shape index (κ2) is 5.08. The first kappa shape index (κ1) is 10.4. The number of hydrogen-bond donors (Lipinski definition) is 1. The first-order valence-corrected chi connectivity index (χ1v) is 4.20. The zero-order valence-corrected chi connectivity index (χ0v) is 7.95. The number of thiocarbonyl (C=S) groups is 1. The molecule has 0 aromatic heterocycles. The first-order valence-electron chi connectivity index (χ1n) is 3.73. The second-order valence-electron chi connectivity index (χ2n) is 2.57. The van der Waals surface area contributed by atoms with Crippen LogP contribution in [0.4, 0.5) is 0 Å². The van der Waals surface area contributed by atoms with Crippen molar-refractivity contribution in [1.82, 2.24) is 0 Å². The van der Waals surface area contributed by atoms with Crippen LogP contribution in [0.15, 0.2) is 23.9 Å². The van der Waals surface area contributed by atoms with E-state index >= 15 is 0 Å². The van der Waals surface area contributed by atoms with E-state index in [1.807, 2.05) is 0 Å². The summed E-state index contributed by atoms with van der Waals surface area (Å²) in [5.41, 5.74) is 7.27.